The van der Waals surface area contributed by atoms with Crippen molar-refractivity contribution in [3.63, 3.8) is 0 Å². The predicted octanol–water partition coefficient (Wildman–Crippen LogP) is 2.10. The van der Waals surface area contributed by atoms with Crippen molar-refractivity contribution >= 4 is 28.6 Å². The van der Waals surface area contributed by atoms with Crippen LogP contribution in [0.2, 0.25) is 0 Å². The number of nitrogens with zero attached hydrogens (tertiary/aromatic N) is 7. The van der Waals surface area contributed by atoms with E-state index in [1.807, 2.05) is 43.5 Å². The summed E-state index contributed by atoms with van der Waals surface area (Å²) in [5.74, 6) is 2.58. The van der Waals surface area contributed by atoms with Gasteiger partial charge in [-0.05, 0) is 26.8 Å². The van der Waals surface area contributed by atoms with Crippen LogP contribution < -0.4 is 10.2 Å². The number of aromatic nitrogens is 6. The fourth-order valence-electron chi connectivity index (χ4n) is 2.91. The van der Waals surface area contributed by atoms with Crippen LogP contribution in [0, 0.1) is 13.8 Å². The second-order valence-electron chi connectivity index (χ2n) is 6.60. The Hall–Kier alpha value is -2.85. The second-order valence-corrected chi connectivity index (χ2v) is 6.60. The maximum atomic E-state index is 5.51. The van der Waals surface area contributed by atoms with E-state index in [1.54, 1.807) is 13.3 Å². The highest BCUT2D eigenvalue weighted by Gasteiger charge is 2.19. The summed E-state index contributed by atoms with van der Waals surface area (Å²) in [5, 5.41) is 7.98. The van der Waals surface area contributed by atoms with Gasteiger partial charge in [0.15, 0.2) is 5.82 Å². The fraction of sp³-hybridized carbons (Fsp3) is 0.526. The largest absolute Gasteiger partial charge is 0.383 e. The second kappa shape index (κ2) is 9.57. The third kappa shape index (κ3) is 4.96. The molecule has 3 rings (SSSR count). The molecule has 1 N–H and O–H groups in total. The van der Waals surface area contributed by atoms with Crippen LogP contribution >= 0.6 is 0 Å². The molecule has 0 amide bonds. The Morgan fingerprint density at radius 3 is 2.72 bits per heavy atom. The van der Waals surface area contributed by atoms with Crippen molar-refractivity contribution in [1.82, 2.24) is 29.7 Å². The number of aryl methyl sites for hydroxylation is 2. The van der Waals surface area contributed by atoms with E-state index in [4.69, 9.17) is 19.4 Å². The molecule has 3 heterocycles. The van der Waals surface area contributed by atoms with Crippen LogP contribution in [0.1, 0.15) is 18.4 Å². The number of methoxy groups -OCH3 is 1. The Bertz CT molecular complexity index is 959. The molecule has 0 radical (unpaired) electrons. The molecule has 0 saturated carbocycles. The van der Waals surface area contributed by atoms with Crippen molar-refractivity contribution in [3.8, 4) is 0 Å². The van der Waals surface area contributed by atoms with Gasteiger partial charge in [0, 0.05) is 33.5 Å². The molecule has 0 spiro atoms. The number of anilines is 3. The Morgan fingerprint density at radius 2 is 2.00 bits per heavy atom. The summed E-state index contributed by atoms with van der Waals surface area (Å²) >= 11 is 0. The molecular formula is C19H28N8O2. The van der Waals surface area contributed by atoms with Gasteiger partial charge in [-0.3, -0.25) is 4.68 Å². The summed E-state index contributed by atoms with van der Waals surface area (Å²) in [6.45, 7) is 8.86. The molecule has 156 valence electrons. The van der Waals surface area contributed by atoms with Crippen LogP contribution in [0.5, 0.6) is 0 Å². The van der Waals surface area contributed by atoms with Crippen molar-refractivity contribution in [2.75, 3.05) is 50.7 Å². The van der Waals surface area contributed by atoms with Gasteiger partial charge < -0.3 is 19.7 Å². The first-order valence-electron chi connectivity index (χ1n) is 9.63. The highest BCUT2D eigenvalue weighted by atomic mass is 16.5. The molecule has 3 aromatic rings. The lowest BCUT2D eigenvalue weighted by molar-refractivity contribution is 0.137. The third-order valence-electron chi connectivity index (χ3n) is 4.39. The van der Waals surface area contributed by atoms with Gasteiger partial charge in [-0.25, -0.2) is 15.0 Å². The van der Waals surface area contributed by atoms with E-state index in [-0.39, 0.29) is 0 Å². The summed E-state index contributed by atoms with van der Waals surface area (Å²) in [5.41, 5.74) is 2.45. The Labute approximate surface area is 170 Å². The summed E-state index contributed by atoms with van der Waals surface area (Å²) < 4.78 is 12.6. The topological polar surface area (TPSA) is 103 Å². The SMILES string of the molecule is CCOCCn1nc(C)c2nc(N(C)CCOC)nc(Nc3ccnc(C)n3)c21. The quantitative estimate of drug-likeness (QED) is 0.512. The zero-order valence-electron chi connectivity index (χ0n) is 17.6. The monoisotopic (exact) mass is 400 g/mol. The molecule has 0 aromatic carbocycles. The number of rotatable bonds is 10. The molecule has 0 aliphatic carbocycles. The standard InChI is InChI=1S/C19H28N8O2/c1-6-29-12-10-27-17-16(13(2)25-27)23-19(26(4)9-11-28-5)24-18(17)22-15-7-8-20-14(3)21-15/h7-8H,6,9-12H2,1-5H3,(H,20,21,22,23,24). The van der Waals surface area contributed by atoms with Crippen molar-refractivity contribution < 1.29 is 9.47 Å². The third-order valence-corrected chi connectivity index (χ3v) is 4.39. The van der Waals surface area contributed by atoms with Crippen LogP contribution in [0.3, 0.4) is 0 Å². The van der Waals surface area contributed by atoms with Gasteiger partial charge in [0.2, 0.25) is 5.95 Å². The first-order valence-corrected chi connectivity index (χ1v) is 9.63. The van der Waals surface area contributed by atoms with Gasteiger partial charge in [0.25, 0.3) is 0 Å². The van der Waals surface area contributed by atoms with Crippen LogP contribution in [-0.4, -0.2) is 70.2 Å². The summed E-state index contributed by atoms with van der Waals surface area (Å²) in [4.78, 5) is 20.1. The highest BCUT2D eigenvalue weighted by molar-refractivity contribution is 5.90. The maximum Gasteiger partial charge on any atom is 0.227 e. The molecule has 0 fully saturated rings. The van der Waals surface area contributed by atoms with E-state index in [0.717, 1.165) is 16.7 Å². The first kappa shape index (κ1) is 20.9. The average Bonchev–Trinajstić information content (AvgIpc) is 3.02. The molecule has 0 saturated heterocycles. The molecule has 0 aliphatic rings. The van der Waals surface area contributed by atoms with E-state index in [2.05, 4.69) is 20.4 Å². The zero-order valence-corrected chi connectivity index (χ0v) is 17.6. The van der Waals surface area contributed by atoms with Crippen LogP contribution in [-0.2, 0) is 16.0 Å². The lowest BCUT2D eigenvalue weighted by Crippen LogP contribution is -2.24. The molecule has 10 heteroatoms. The fourth-order valence-corrected chi connectivity index (χ4v) is 2.91. The number of fused-ring (bicyclic) bond motifs is 1. The lowest BCUT2D eigenvalue weighted by Gasteiger charge is -2.18. The number of nitrogens with one attached hydrogen (secondary N) is 1. The molecule has 0 atom stereocenters. The van der Waals surface area contributed by atoms with Crippen molar-refractivity contribution in [2.24, 2.45) is 0 Å². The Morgan fingerprint density at radius 1 is 1.17 bits per heavy atom. The molecule has 0 bridgehead atoms. The van der Waals surface area contributed by atoms with Crippen LogP contribution in [0.4, 0.5) is 17.6 Å². The first-order chi connectivity index (χ1) is 14.0. The number of likely N-dealkylation sites (N-methyl/N-ethyl adjacent to an activating group) is 1. The molecule has 3 aromatic heterocycles. The molecule has 0 unspecified atom stereocenters. The van der Waals surface area contributed by atoms with Gasteiger partial charge in [-0.1, -0.05) is 0 Å². The molecule has 10 nitrogen and oxygen atoms in total. The van der Waals surface area contributed by atoms with E-state index < -0.39 is 0 Å². The van der Waals surface area contributed by atoms with Crippen LogP contribution in [0.15, 0.2) is 12.3 Å². The predicted molar refractivity (Wildman–Crippen MR) is 112 cm³/mol. The van der Waals surface area contributed by atoms with Crippen molar-refractivity contribution in [2.45, 2.75) is 27.3 Å². The van der Waals surface area contributed by atoms with E-state index in [1.165, 1.54) is 0 Å². The summed E-state index contributed by atoms with van der Waals surface area (Å²) in [7, 11) is 3.61. The summed E-state index contributed by atoms with van der Waals surface area (Å²) in [6.07, 6.45) is 1.71. The highest BCUT2D eigenvalue weighted by Crippen LogP contribution is 2.27. The average molecular weight is 400 g/mol. The van der Waals surface area contributed by atoms with Gasteiger partial charge in [0.1, 0.15) is 22.7 Å². The van der Waals surface area contributed by atoms with Crippen LogP contribution in [0.25, 0.3) is 11.0 Å². The maximum absolute atomic E-state index is 5.51. The minimum atomic E-state index is 0.564. The Balaban J connectivity index is 2.06. The molecule has 29 heavy (non-hydrogen) atoms. The van der Waals surface area contributed by atoms with Crippen molar-refractivity contribution in [1.29, 1.82) is 0 Å². The van der Waals surface area contributed by atoms with E-state index >= 15 is 0 Å². The smallest absolute Gasteiger partial charge is 0.227 e. The van der Waals surface area contributed by atoms with Gasteiger partial charge in [0.05, 0.1) is 25.5 Å². The normalized spacial score (nSPS) is 11.2. The number of hydrogen-bond donors (Lipinski definition) is 1. The van der Waals surface area contributed by atoms with Gasteiger partial charge in [-0.15, -0.1) is 0 Å². The minimum Gasteiger partial charge on any atom is -0.383 e. The van der Waals surface area contributed by atoms with E-state index in [0.29, 0.717) is 56.3 Å². The van der Waals surface area contributed by atoms with Gasteiger partial charge >= 0.3 is 0 Å². The molecule has 0 aliphatic heterocycles. The zero-order chi connectivity index (χ0) is 20.8. The van der Waals surface area contributed by atoms with Gasteiger partial charge in [-0.2, -0.15) is 10.1 Å². The Kier molecular flexibility index (Phi) is 6.89. The minimum absolute atomic E-state index is 0.564. The number of hydrogen-bond acceptors (Lipinski definition) is 9. The lowest BCUT2D eigenvalue weighted by atomic mass is 10.3. The molecular weight excluding hydrogens is 372 g/mol. The van der Waals surface area contributed by atoms with Crippen molar-refractivity contribution in [3.05, 3.63) is 23.8 Å². The summed E-state index contributed by atoms with van der Waals surface area (Å²) in [6, 6.07) is 1.81. The number of ether oxygens (including phenoxy) is 2. The van der Waals surface area contributed by atoms with E-state index in [9.17, 15) is 0 Å².